The van der Waals surface area contributed by atoms with Gasteiger partial charge in [-0.25, -0.2) is 9.97 Å². The van der Waals surface area contributed by atoms with Crippen LogP contribution in [-0.4, -0.2) is 30.1 Å². The average Bonchev–Trinajstić information content (AvgIpc) is 2.49. The van der Waals surface area contributed by atoms with Crippen molar-refractivity contribution in [2.24, 2.45) is 0 Å². The second-order valence-corrected chi connectivity index (χ2v) is 4.08. The summed E-state index contributed by atoms with van der Waals surface area (Å²) in [5, 5.41) is 11.8. The maximum Gasteiger partial charge on any atom is 0.158 e. The third-order valence-electron chi connectivity index (χ3n) is 2.72. The Kier molecular flexibility index (Phi) is 4.29. The van der Waals surface area contributed by atoms with Crippen molar-refractivity contribution in [3.8, 4) is 6.07 Å². The molecule has 5 nitrogen and oxygen atoms in total. The van der Waals surface area contributed by atoms with Crippen molar-refractivity contribution in [1.82, 2.24) is 9.97 Å². The van der Waals surface area contributed by atoms with Crippen LogP contribution >= 0.6 is 0 Å². The molecule has 0 saturated heterocycles. The van der Waals surface area contributed by atoms with Crippen LogP contribution < -0.4 is 10.2 Å². The van der Waals surface area contributed by atoms with E-state index in [-0.39, 0.29) is 0 Å². The summed E-state index contributed by atoms with van der Waals surface area (Å²) >= 11 is 0. The minimum absolute atomic E-state index is 0.326. The largest absolute Gasteiger partial charge is 0.373 e. The molecule has 0 aliphatic rings. The van der Waals surface area contributed by atoms with Crippen LogP contribution in [0.3, 0.4) is 0 Å². The molecule has 2 aromatic rings. The summed E-state index contributed by atoms with van der Waals surface area (Å²) in [5.41, 5.74) is 1.50. The Morgan fingerprint density at radius 1 is 1.21 bits per heavy atom. The maximum absolute atomic E-state index is 8.62. The molecule has 96 valence electrons. The molecule has 0 spiro atoms. The maximum atomic E-state index is 8.62. The van der Waals surface area contributed by atoms with Crippen molar-refractivity contribution < 1.29 is 0 Å². The predicted molar refractivity (Wildman–Crippen MR) is 74.9 cm³/mol. The summed E-state index contributed by atoms with van der Waals surface area (Å²) < 4.78 is 0. The summed E-state index contributed by atoms with van der Waals surface area (Å²) in [5.74, 6) is 0.681. The Morgan fingerprint density at radius 2 is 2.00 bits per heavy atom. The lowest BCUT2D eigenvalue weighted by Gasteiger charge is -2.19. The van der Waals surface area contributed by atoms with Crippen LogP contribution in [0.1, 0.15) is 5.69 Å². The van der Waals surface area contributed by atoms with Gasteiger partial charge in [0, 0.05) is 25.8 Å². The molecule has 0 atom stereocenters. The van der Waals surface area contributed by atoms with Gasteiger partial charge < -0.3 is 10.2 Å². The molecule has 0 amide bonds. The molecular formula is C14H15N5. The third-order valence-corrected chi connectivity index (χ3v) is 2.72. The number of hydrogen-bond donors (Lipinski definition) is 1. The van der Waals surface area contributed by atoms with Crippen molar-refractivity contribution in [2.45, 2.75) is 0 Å². The Bertz CT molecular complexity index is 544. The molecule has 0 aliphatic carbocycles. The lowest BCUT2D eigenvalue weighted by atomic mass is 10.3. The van der Waals surface area contributed by atoms with Gasteiger partial charge in [0.1, 0.15) is 11.9 Å². The first-order valence-electron chi connectivity index (χ1n) is 6.02. The first kappa shape index (κ1) is 12.8. The van der Waals surface area contributed by atoms with E-state index in [0.717, 1.165) is 13.1 Å². The van der Waals surface area contributed by atoms with Gasteiger partial charge in [-0.05, 0) is 12.1 Å². The van der Waals surface area contributed by atoms with Crippen LogP contribution in [0.2, 0.25) is 0 Å². The summed E-state index contributed by atoms with van der Waals surface area (Å²) in [6.07, 6.45) is 3.03. The average molecular weight is 253 g/mol. The van der Waals surface area contributed by atoms with E-state index in [1.54, 1.807) is 6.20 Å². The van der Waals surface area contributed by atoms with E-state index in [9.17, 15) is 0 Å². The van der Waals surface area contributed by atoms with Crippen molar-refractivity contribution in [3.05, 3.63) is 48.4 Å². The highest BCUT2D eigenvalue weighted by Crippen LogP contribution is 2.10. The van der Waals surface area contributed by atoms with Crippen LogP contribution in [0.25, 0.3) is 0 Å². The third kappa shape index (κ3) is 3.68. The number of aromatic nitrogens is 2. The molecule has 0 bridgehead atoms. The van der Waals surface area contributed by atoms with Gasteiger partial charge in [-0.15, -0.1) is 0 Å². The van der Waals surface area contributed by atoms with E-state index < -0.39 is 0 Å². The van der Waals surface area contributed by atoms with Gasteiger partial charge >= 0.3 is 0 Å². The molecule has 1 aromatic carbocycles. The fourth-order valence-electron chi connectivity index (χ4n) is 1.64. The standard InChI is InChI=1S/C14H15N5/c1-19(13-5-3-2-4-6-13)8-7-16-14-11-17-12(9-15)10-18-14/h2-6,10-11H,7-8H2,1H3,(H,16,18). The fourth-order valence-corrected chi connectivity index (χ4v) is 1.64. The molecule has 0 aliphatic heterocycles. The van der Waals surface area contributed by atoms with E-state index in [0.29, 0.717) is 11.5 Å². The number of rotatable bonds is 5. The van der Waals surface area contributed by atoms with Crippen LogP contribution in [0.15, 0.2) is 42.7 Å². The lowest BCUT2D eigenvalue weighted by Crippen LogP contribution is -2.24. The van der Waals surface area contributed by atoms with Crippen LogP contribution in [0.4, 0.5) is 11.5 Å². The second-order valence-electron chi connectivity index (χ2n) is 4.08. The number of para-hydroxylation sites is 1. The summed E-state index contributed by atoms with van der Waals surface area (Å²) in [6, 6.07) is 12.1. The number of nitrogens with one attached hydrogen (secondary N) is 1. The highest BCUT2D eigenvalue weighted by molar-refractivity contribution is 5.45. The minimum Gasteiger partial charge on any atom is -0.373 e. The van der Waals surface area contributed by atoms with Crippen LogP contribution in [0.5, 0.6) is 0 Å². The van der Waals surface area contributed by atoms with Gasteiger partial charge in [-0.3, -0.25) is 0 Å². The molecule has 1 heterocycles. The molecule has 19 heavy (non-hydrogen) atoms. The quantitative estimate of drug-likeness (QED) is 0.881. The van der Waals surface area contributed by atoms with Gasteiger partial charge in [-0.1, -0.05) is 18.2 Å². The molecule has 1 aromatic heterocycles. The number of nitrogens with zero attached hydrogens (tertiary/aromatic N) is 4. The van der Waals surface area contributed by atoms with Crippen molar-refractivity contribution in [3.63, 3.8) is 0 Å². The van der Waals surface area contributed by atoms with Gasteiger partial charge in [0.2, 0.25) is 0 Å². The summed E-state index contributed by atoms with van der Waals surface area (Å²) in [6.45, 7) is 1.61. The monoisotopic (exact) mass is 253 g/mol. The van der Waals surface area contributed by atoms with Gasteiger partial charge in [0.25, 0.3) is 0 Å². The Morgan fingerprint density at radius 3 is 2.63 bits per heavy atom. The normalized spacial score (nSPS) is 9.68. The topological polar surface area (TPSA) is 64.8 Å². The van der Waals surface area contributed by atoms with Crippen LogP contribution in [0, 0.1) is 11.3 Å². The predicted octanol–water partition coefficient (Wildman–Crippen LogP) is 1.90. The Balaban J connectivity index is 1.81. The minimum atomic E-state index is 0.326. The molecular weight excluding hydrogens is 238 g/mol. The zero-order valence-corrected chi connectivity index (χ0v) is 10.7. The van der Waals surface area contributed by atoms with Crippen molar-refractivity contribution in [2.75, 3.05) is 30.4 Å². The molecule has 0 fully saturated rings. The number of hydrogen-bond acceptors (Lipinski definition) is 5. The zero-order valence-electron chi connectivity index (χ0n) is 10.7. The molecule has 2 rings (SSSR count). The molecule has 0 unspecified atom stereocenters. The molecule has 0 saturated carbocycles. The summed E-state index contributed by atoms with van der Waals surface area (Å²) in [4.78, 5) is 10.2. The number of benzene rings is 1. The fraction of sp³-hybridized carbons (Fsp3) is 0.214. The van der Waals surface area contributed by atoms with Gasteiger partial charge in [0.05, 0.1) is 12.4 Å². The first-order valence-corrected chi connectivity index (χ1v) is 6.02. The Hall–Kier alpha value is -2.61. The highest BCUT2D eigenvalue weighted by atomic mass is 15.1. The van der Waals surface area contributed by atoms with Crippen LogP contribution in [-0.2, 0) is 0 Å². The Labute approximate surface area is 112 Å². The van der Waals surface area contributed by atoms with E-state index in [1.165, 1.54) is 11.9 Å². The van der Waals surface area contributed by atoms with E-state index >= 15 is 0 Å². The zero-order chi connectivity index (χ0) is 13.5. The number of anilines is 2. The molecule has 1 N–H and O–H groups in total. The molecule has 0 radical (unpaired) electrons. The number of nitriles is 1. The smallest absolute Gasteiger partial charge is 0.158 e. The van der Waals surface area contributed by atoms with E-state index in [4.69, 9.17) is 5.26 Å². The van der Waals surface area contributed by atoms with Gasteiger partial charge in [-0.2, -0.15) is 5.26 Å². The molecule has 5 heteroatoms. The summed E-state index contributed by atoms with van der Waals surface area (Å²) in [7, 11) is 2.04. The van der Waals surface area contributed by atoms with E-state index in [1.807, 2.05) is 31.3 Å². The lowest BCUT2D eigenvalue weighted by molar-refractivity contribution is 0.908. The second kappa shape index (κ2) is 6.36. The van der Waals surface area contributed by atoms with E-state index in [2.05, 4.69) is 32.3 Å². The first-order chi connectivity index (χ1) is 9.29. The van der Waals surface area contributed by atoms with Gasteiger partial charge in [0.15, 0.2) is 5.69 Å². The highest BCUT2D eigenvalue weighted by Gasteiger charge is 2.00. The van der Waals surface area contributed by atoms with Crippen molar-refractivity contribution in [1.29, 1.82) is 5.26 Å². The SMILES string of the molecule is CN(CCNc1cnc(C#N)cn1)c1ccccc1. The number of likely N-dealkylation sites (N-methyl/N-ethyl adjacent to an activating group) is 1. The van der Waals surface area contributed by atoms with Crippen molar-refractivity contribution >= 4 is 11.5 Å².